The van der Waals surface area contributed by atoms with Gasteiger partial charge in [0.1, 0.15) is 0 Å². The zero-order valence-corrected chi connectivity index (χ0v) is 19.1. The lowest BCUT2D eigenvalue weighted by Crippen LogP contribution is -2.44. The molecule has 31 heavy (non-hydrogen) atoms. The Labute approximate surface area is 187 Å². The summed E-state index contributed by atoms with van der Waals surface area (Å²) in [5, 5.41) is 4.55. The van der Waals surface area contributed by atoms with Crippen molar-refractivity contribution in [3.8, 4) is 0 Å². The second-order valence-corrected chi connectivity index (χ2v) is 8.49. The molecular formula is C22H31N3O5S. The van der Waals surface area contributed by atoms with Gasteiger partial charge in [-0.25, -0.2) is 9.59 Å². The fourth-order valence-corrected chi connectivity index (χ4v) is 4.33. The second-order valence-electron chi connectivity index (χ2n) is 7.48. The molecule has 0 heterocycles. The fraction of sp³-hybridized carbons (Fsp3) is 0.545. The number of rotatable bonds is 8. The third kappa shape index (κ3) is 7.57. The molecule has 0 bridgehead atoms. The van der Waals surface area contributed by atoms with Gasteiger partial charge in [0.2, 0.25) is 5.91 Å². The number of urea groups is 1. The smallest absolute Gasteiger partial charge is 0.340 e. The number of benzene rings is 1. The molecule has 2 rings (SSSR count). The Morgan fingerprint density at radius 1 is 1.16 bits per heavy atom. The van der Waals surface area contributed by atoms with Crippen molar-refractivity contribution in [2.75, 3.05) is 19.3 Å². The molecule has 4 amide bonds. The maximum atomic E-state index is 12.6. The highest BCUT2D eigenvalue weighted by molar-refractivity contribution is 8.00. The van der Waals surface area contributed by atoms with E-state index in [9.17, 15) is 19.2 Å². The minimum atomic E-state index is -1.15. The number of esters is 1. The topological polar surface area (TPSA) is 105 Å². The molecular weight excluding hydrogens is 418 g/mol. The van der Waals surface area contributed by atoms with Crippen molar-refractivity contribution in [1.29, 1.82) is 0 Å². The Balaban J connectivity index is 1.94. The summed E-state index contributed by atoms with van der Waals surface area (Å²) in [6.07, 6.45) is 4.44. The van der Waals surface area contributed by atoms with E-state index >= 15 is 0 Å². The minimum Gasteiger partial charge on any atom is -0.449 e. The van der Waals surface area contributed by atoms with E-state index in [4.69, 9.17) is 4.74 Å². The molecule has 8 nitrogen and oxygen atoms in total. The highest BCUT2D eigenvalue weighted by Gasteiger charge is 2.24. The molecule has 1 aromatic rings. The number of hydrogen-bond acceptors (Lipinski definition) is 6. The van der Waals surface area contributed by atoms with Crippen molar-refractivity contribution in [2.45, 2.75) is 63.0 Å². The molecule has 1 fully saturated rings. The average Bonchev–Trinajstić information content (AvgIpc) is 2.77. The number of imide groups is 1. The van der Waals surface area contributed by atoms with Crippen LogP contribution >= 0.6 is 11.8 Å². The van der Waals surface area contributed by atoms with Crippen LogP contribution in [0.15, 0.2) is 29.2 Å². The average molecular weight is 450 g/mol. The summed E-state index contributed by atoms with van der Waals surface area (Å²) in [4.78, 5) is 51.1. The number of carbonyl (C=O) groups excluding carboxylic acids is 4. The molecule has 0 saturated heterocycles. The summed E-state index contributed by atoms with van der Waals surface area (Å²) in [7, 11) is 1.84. The third-order valence-electron chi connectivity index (χ3n) is 5.20. The Morgan fingerprint density at radius 3 is 2.52 bits per heavy atom. The van der Waals surface area contributed by atoms with Gasteiger partial charge in [-0.3, -0.25) is 14.9 Å². The van der Waals surface area contributed by atoms with Gasteiger partial charge in [0.05, 0.1) is 11.3 Å². The summed E-state index contributed by atoms with van der Waals surface area (Å²) in [6.45, 7) is 3.48. The maximum Gasteiger partial charge on any atom is 0.340 e. The number of ether oxygens (including phenoxy) is 1. The van der Waals surface area contributed by atoms with Crippen molar-refractivity contribution in [3.05, 3.63) is 29.8 Å². The molecule has 1 atom stereocenters. The number of amides is 4. The second kappa shape index (κ2) is 12.3. The molecule has 0 aliphatic heterocycles. The van der Waals surface area contributed by atoms with Gasteiger partial charge in [-0.05, 0) is 38.8 Å². The van der Waals surface area contributed by atoms with E-state index in [2.05, 4.69) is 10.6 Å². The SMILES string of the molecule is CCNC(=O)NC(=O)C(C)OC(=O)c1ccccc1SCC(=O)N(C)C1CCCCC1. The van der Waals surface area contributed by atoms with E-state index in [0.29, 0.717) is 11.4 Å². The normalized spacial score (nSPS) is 14.9. The van der Waals surface area contributed by atoms with Crippen molar-refractivity contribution < 1.29 is 23.9 Å². The summed E-state index contributed by atoms with van der Waals surface area (Å²) in [6, 6.07) is 6.44. The van der Waals surface area contributed by atoms with E-state index < -0.39 is 24.0 Å². The van der Waals surface area contributed by atoms with Crippen LogP contribution in [0.5, 0.6) is 0 Å². The van der Waals surface area contributed by atoms with Gasteiger partial charge < -0.3 is 15.0 Å². The molecule has 1 unspecified atom stereocenters. The highest BCUT2D eigenvalue weighted by Crippen LogP contribution is 2.26. The highest BCUT2D eigenvalue weighted by atomic mass is 32.2. The summed E-state index contributed by atoms with van der Waals surface area (Å²) in [5.41, 5.74) is 0.276. The van der Waals surface area contributed by atoms with Gasteiger partial charge in [-0.15, -0.1) is 11.8 Å². The van der Waals surface area contributed by atoms with Crippen molar-refractivity contribution in [3.63, 3.8) is 0 Å². The molecule has 1 saturated carbocycles. The van der Waals surface area contributed by atoms with E-state index in [1.54, 1.807) is 31.2 Å². The molecule has 0 spiro atoms. The van der Waals surface area contributed by atoms with Gasteiger partial charge in [0.25, 0.3) is 5.91 Å². The Morgan fingerprint density at radius 2 is 1.84 bits per heavy atom. The zero-order valence-electron chi connectivity index (χ0n) is 18.3. The van der Waals surface area contributed by atoms with Crippen LogP contribution in [0.25, 0.3) is 0 Å². The number of hydrogen-bond donors (Lipinski definition) is 2. The Kier molecular flexibility index (Phi) is 9.84. The van der Waals surface area contributed by atoms with Crippen molar-refractivity contribution in [1.82, 2.24) is 15.5 Å². The number of thioether (sulfide) groups is 1. The molecule has 0 aromatic heterocycles. The van der Waals surface area contributed by atoms with Gasteiger partial charge in [0, 0.05) is 24.5 Å². The van der Waals surface area contributed by atoms with E-state index in [1.165, 1.54) is 25.1 Å². The summed E-state index contributed by atoms with van der Waals surface area (Å²) >= 11 is 1.27. The summed E-state index contributed by atoms with van der Waals surface area (Å²) < 4.78 is 5.23. The van der Waals surface area contributed by atoms with Gasteiger partial charge in [-0.1, -0.05) is 31.4 Å². The summed E-state index contributed by atoms with van der Waals surface area (Å²) in [5.74, 6) is -1.16. The standard InChI is InChI=1S/C22H31N3O5S/c1-4-23-22(29)24-20(27)15(2)30-21(28)17-12-8-9-13-18(17)31-14-19(26)25(3)16-10-6-5-7-11-16/h8-9,12-13,15-16H,4-7,10-11,14H2,1-3H3,(H2,23,24,27,29). The molecule has 9 heteroatoms. The quantitative estimate of drug-likeness (QED) is 0.467. The lowest BCUT2D eigenvalue weighted by atomic mass is 9.94. The molecule has 1 aliphatic carbocycles. The molecule has 0 radical (unpaired) electrons. The first-order valence-corrected chi connectivity index (χ1v) is 11.6. The first-order chi connectivity index (χ1) is 14.8. The van der Waals surface area contributed by atoms with Gasteiger partial charge in [-0.2, -0.15) is 0 Å². The van der Waals surface area contributed by atoms with Crippen LogP contribution in [0.3, 0.4) is 0 Å². The molecule has 2 N–H and O–H groups in total. The number of nitrogens with zero attached hydrogens (tertiary/aromatic N) is 1. The van der Waals surface area contributed by atoms with Crippen LogP contribution in [0.1, 0.15) is 56.3 Å². The minimum absolute atomic E-state index is 0.0229. The monoisotopic (exact) mass is 449 g/mol. The van der Waals surface area contributed by atoms with Gasteiger partial charge >= 0.3 is 12.0 Å². The van der Waals surface area contributed by atoms with Crippen LogP contribution in [0.4, 0.5) is 4.79 Å². The number of carbonyl (C=O) groups is 4. The van der Waals surface area contributed by atoms with Crippen molar-refractivity contribution >= 4 is 35.6 Å². The lowest BCUT2D eigenvalue weighted by molar-refractivity contribution is -0.129. The lowest BCUT2D eigenvalue weighted by Gasteiger charge is -2.31. The van der Waals surface area contributed by atoms with Crippen LogP contribution in [0.2, 0.25) is 0 Å². The molecule has 1 aromatic carbocycles. The Hall–Kier alpha value is -2.55. The predicted octanol–water partition coefficient (Wildman–Crippen LogP) is 2.96. The Bertz CT molecular complexity index is 795. The first-order valence-electron chi connectivity index (χ1n) is 10.6. The molecule has 1 aliphatic rings. The van der Waals surface area contributed by atoms with E-state index in [-0.39, 0.29) is 23.3 Å². The van der Waals surface area contributed by atoms with Crippen LogP contribution in [0, 0.1) is 0 Å². The van der Waals surface area contributed by atoms with Crippen molar-refractivity contribution in [2.24, 2.45) is 0 Å². The van der Waals surface area contributed by atoms with Crippen LogP contribution in [-0.4, -0.2) is 60.2 Å². The fourth-order valence-electron chi connectivity index (χ4n) is 3.37. The maximum absolute atomic E-state index is 12.6. The number of nitrogens with one attached hydrogen (secondary N) is 2. The van der Waals surface area contributed by atoms with Crippen LogP contribution in [-0.2, 0) is 14.3 Å². The first kappa shape index (κ1) is 24.7. The largest absolute Gasteiger partial charge is 0.449 e. The van der Waals surface area contributed by atoms with Crippen LogP contribution < -0.4 is 10.6 Å². The van der Waals surface area contributed by atoms with E-state index in [1.807, 2.05) is 11.9 Å². The third-order valence-corrected chi connectivity index (χ3v) is 6.26. The van der Waals surface area contributed by atoms with E-state index in [0.717, 1.165) is 25.7 Å². The molecule has 170 valence electrons. The predicted molar refractivity (Wildman–Crippen MR) is 119 cm³/mol. The van der Waals surface area contributed by atoms with Gasteiger partial charge in [0.15, 0.2) is 6.10 Å². The zero-order chi connectivity index (χ0) is 22.8.